The molecule has 2 aromatic rings. The number of hydrogen-bond acceptors (Lipinski definition) is 4. The fourth-order valence-corrected chi connectivity index (χ4v) is 2.13. The highest BCUT2D eigenvalue weighted by Gasteiger charge is 2.28. The average Bonchev–Trinajstić information content (AvgIpc) is 2.83. The molecule has 1 heterocycles. The van der Waals surface area contributed by atoms with E-state index in [0.717, 1.165) is 5.56 Å². The molecule has 0 unspecified atom stereocenters. The summed E-state index contributed by atoms with van der Waals surface area (Å²) in [6.45, 7) is 0. The lowest BCUT2D eigenvalue weighted by atomic mass is 10.1. The second-order valence-corrected chi connectivity index (χ2v) is 4.55. The number of rotatable bonds is 2. The molecule has 104 valence electrons. The maximum atomic E-state index is 12.3. The fourth-order valence-electron chi connectivity index (χ4n) is 2.13. The Morgan fingerprint density at radius 1 is 1.14 bits per heavy atom. The number of carbonyl (C=O) groups is 2. The summed E-state index contributed by atoms with van der Waals surface area (Å²) < 4.78 is 10.2. The van der Waals surface area contributed by atoms with Gasteiger partial charge in [-0.25, -0.2) is 4.79 Å². The van der Waals surface area contributed by atoms with E-state index in [4.69, 9.17) is 4.74 Å². The van der Waals surface area contributed by atoms with E-state index in [0.29, 0.717) is 16.9 Å². The Morgan fingerprint density at radius 2 is 1.90 bits per heavy atom. The van der Waals surface area contributed by atoms with E-state index in [-0.39, 0.29) is 11.5 Å². The molecule has 0 radical (unpaired) electrons. The van der Waals surface area contributed by atoms with Gasteiger partial charge in [0.2, 0.25) is 5.78 Å². The summed E-state index contributed by atoms with van der Waals surface area (Å²) in [6.07, 6.45) is 1.68. The van der Waals surface area contributed by atoms with Crippen molar-refractivity contribution in [2.75, 3.05) is 7.11 Å². The summed E-state index contributed by atoms with van der Waals surface area (Å²) in [5, 5.41) is 0. The van der Waals surface area contributed by atoms with Gasteiger partial charge in [0.15, 0.2) is 5.76 Å². The van der Waals surface area contributed by atoms with Crippen LogP contribution >= 0.6 is 0 Å². The third-order valence-corrected chi connectivity index (χ3v) is 3.19. The Bertz CT molecular complexity index is 745. The SMILES string of the molecule is COC(=O)c1ccc2c(c1)C(=O)/C(=C/c1ccccc1)O2. The molecule has 0 saturated carbocycles. The largest absolute Gasteiger partial charge is 0.465 e. The van der Waals surface area contributed by atoms with Crippen LogP contribution in [0.1, 0.15) is 26.3 Å². The zero-order valence-corrected chi connectivity index (χ0v) is 11.3. The zero-order valence-electron chi connectivity index (χ0n) is 11.3. The van der Waals surface area contributed by atoms with Crippen LogP contribution < -0.4 is 4.74 Å². The zero-order chi connectivity index (χ0) is 14.8. The van der Waals surface area contributed by atoms with Crippen LogP contribution in [0.5, 0.6) is 5.75 Å². The molecular formula is C17H12O4. The molecule has 0 amide bonds. The molecule has 0 fully saturated rings. The van der Waals surface area contributed by atoms with Crippen molar-refractivity contribution in [2.45, 2.75) is 0 Å². The lowest BCUT2D eigenvalue weighted by Gasteiger charge is -2.00. The standard InChI is InChI=1S/C17H12O4/c1-20-17(19)12-7-8-14-13(10-12)16(18)15(21-14)9-11-5-3-2-4-6-11/h2-10H,1H3/b15-9-. The molecule has 1 aliphatic heterocycles. The number of benzene rings is 2. The molecule has 4 heteroatoms. The molecule has 1 aliphatic rings. The molecule has 0 atom stereocenters. The summed E-state index contributed by atoms with van der Waals surface area (Å²) in [5.41, 5.74) is 1.58. The molecule has 4 nitrogen and oxygen atoms in total. The number of carbonyl (C=O) groups excluding carboxylic acids is 2. The smallest absolute Gasteiger partial charge is 0.337 e. The number of hydrogen-bond donors (Lipinski definition) is 0. The second kappa shape index (κ2) is 5.25. The van der Waals surface area contributed by atoms with Crippen molar-refractivity contribution in [2.24, 2.45) is 0 Å². The molecule has 0 aromatic heterocycles. The molecule has 0 bridgehead atoms. The molecule has 2 aromatic carbocycles. The van der Waals surface area contributed by atoms with Crippen LogP contribution in [0.25, 0.3) is 6.08 Å². The molecule has 21 heavy (non-hydrogen) atoms. The highest BCUT2D eigenvalue weighted by Crippen LogP contribution is 2.32. The van der Waals surface area contributed by atoms with Crippen LogP contribution in [0.3, 0.4) is 0 Å². The van der Waals surface area contributed by atoms with E-state index in [1.165, 1.54) is 13.2 Å². The van der Waals surface area contributed by atoms with Gasteiger partial charge in [-0.05, 0) is 29.8 Å². The predicted molar refractivity (Wildman–Crippen MR) is 77.2 cm³/mol. The van der Waals surface area contributed by atoms with Gasteiger partial charge in [-0.2, -0.15) is 0 Å². The van der Waals surface area contributed by atoms with Gasteiger partial charge in [0, 0.05) is 0 Å². The van der Waals surface area contributed by atoms with Gasteiger partial charge in [0.1, 0.15) is 5.75 Å². The van der Waals surface area contributed by atoms with E-state index in [1.54, 1.807) is 18.2 Å². The van der Waals surface area contributed by atoms with Crippen molar-refractivity contribution in [1.82, 2.24) is 0 Å². The number of Topliss-reactive ketones (excluding diaryl/α,β-unsaturated/α-hetero) is 1. The summed E-state index contributed by atoms with van der Waals surface area (Å²) in [5.74, 6) is -0.0151. The summed E-state index contributed by atoms with van der Waals surface area (Å²) in [6, 6.07) is 14.1. The summed E-state index contributed by atoms with van der Waals surface area (Å²) >= 11 is 0. The fraction of sp³-hybridized carbons (Fsp3) is 0.0588. The van der Waals surface area contributed by atoms with E-state index < -0.39 is 5.97 Å². The van der Waals surface area contributed by atoms with Gasteiger partial charge in [-0.3, -0.25) is 4.79 Å². The van der Waals surface area contributed by atoms with Gasteiger partial charge >= 0.3 is 5.97 Å². The Labute approximate surface area is 121 Å². The van der Waals surface area contributed by atoms with E-state index in [9.17, 15) is 9.59 Å². The lowest BCUT2D eigenvalue weighted by Crippen LogP contribution is -2.02. The molecule has 0 spiro atoms. The minimum Gasteiger partial charge on any atom is -0.465 e. The van der Waals surface area contributed by atoms with Gasteiger partial charge < -0.3 is 9.47 Å². The quantitative estimate of drug-likeness (QED) is 0.626. The van der Waals surface area contributed by atoms with Crippen molar-refractivity contribution >= 4 is 17.8 Å². The maximum Gasteiger partial charge on any atom is 0.337 e. The van der Waals surface area contributed by atoms with Crippen LogP contribution in [0, 0.1) is 0 Å². The number of ketones is 1. The van der Waals surface area contributed by atoms with Gasteiger partial charge in [0.05, 0.1) is 18.2 Å². The van der Waals surface area contributed by atoms with Gasteiger partial charge in [0.25, 0.3) is 0 Å². The predicted octanol–water partition coefficient (Wildman–Crippen LogP) is 3.09. The minimum atomic E-state index is -0.480. The topological polar surface area (TPSA) is 52.6 Å². The first kappa shape index (κ1) is 13.1. The van der Waals surface area contributed by atoms with Crippen molar-refractivity contribution in [1.29, 1.82) is 0 Å². The van der Waals surface area contributed by atoms with Crippen molar-refractivity contribution < 1.29 is 19.1 Å². The maximum absolute atomic E-state index is 12.3. The Kier molecular flexibility index (Phi) is 3.28. The van der Waals surface area contributed by atoms with Gasteiger partial charge in [-0.15, -0.1) is 0 Å². The first-order chi connectivity index (χ1) is 10.2. The normalized spacial score (nSPS) is 14.7. The van der Waals surface area contributed by atoms with Crippen LogP contribution in [0.15, 0.2) is 54.3 Å². The first-order valence-corrected chi connectivity index (χ1v) is 6.40. The molecule has 3 rings (SSSR count). The molecule has 0 N–H and O–H groups in total. The second-order valence-electron chi connectivity index (χ2n) is 4.55. The molecular weight excluding hydrogens is 268 g/mol. The summed E-state index contributed by atoms with van der Waals surface area (Å²) in [7, 11) is 1.30. The van der Waals surface area contributed by atoms with Crippen LogP contribution in [-0.2, 0) is 4.74 Å². The van der Waals surface area contributed by atoms with Crippen LogP contribution in [0.4, 0.5) is 0 Å². The third-order valence-electron chi connectivity index (χ3n) is 3.19. The van der Waals surface area contributed by atoms with Crippen molar-refractivity contribution in [3.05, 3.63) is 71.0 Å². The molecule has 0 saturated heterocycles. The van der Waals surface area contributed by atoms with Gasteiger partial charge in [-0.1, -0.05) is 30.3 Å². The minimum absolute atomic E-state index is 0.236. The Balaban J connectivity index is 1.96. The number of methoxy groups -OCH3 is 1. The Morgan fingerprint density at radius 3 is 2.62 bits per heavy atom. The monoisotopic (exact) mass is 280 g/mol. The third kappa shape index (κ3) is 2.43. The number of allylic oxidation sites excluding steroid dienone is 1. The number of fused-ring (bicyclic) bond motifs is 1. The van der Waals surface area contributed by atoms with Crippen LogP contribution in [-0.4, -0.2) is 18.9 Å². The first-order valence-electron chi connectivity index (χ1n) is 6.40. The van der Waals surface area contributed by atoms with E-state index in [1.807, 2.05) is 30.3 Å². The van der Waals surface area contributed by atoms with Crippen molar-refractivity contribution in [3.8, 4) is 5.75 Å². The highest BCUT2D eigenvalue weighted by molar-refractivity contribution is 6.15. The van der Waals surface area contributed by atoms with Crippen molar-refractivity contribution in [3.63, 3.8) is 0 Å². The average molecular weight is 280 g/mol. The lowest BCUT2D eigenvalue weighted by molar-refractivity contribution is 0.0600. The highest BCUT2D eigenvalue weighted by atomic mass is 16.5. The summed E-state index contributed by atoms with van der Waals surface area (Å²) in [4.78, 5) is 23.8. The number of esters is 1. The Hall–Kier alpha value is -2.88. The molecule has 0 aliphatic carbocycles. The number of ether oxygens (including phenoxy) is 2. The van der Waals surface area contributed by atoms with Crippen LogP contribution in [0.2, 0.25) is 0 Å². The van der Waals surface area contributed by atoms with E-state index in [2.05, 4.69) is 4.74 Å². The van der Waals surface area contributed by atoms with E-state index >= 15 is 0 Å².